The van der Waals surface area contributed by atoms with Crippen molar-refractivity contribution in [2.24, 2.45) is 0 Å². The summed E-state index contributed by atoms with van der Waals surface area (Å²) in [5, 5.41) is 0.593. The highest BCUT2D eigenvalue weighted by Gasteiger charge is 2.18. The molecule has 0 bridgehead atoms. The summed E-state index contributed by atoms with van der Waals surface area (Å²) in [6.07, 6.45) is 2.94. The van der Waals surface area contributed by atoms with Crippen molar-refractivity contribution >= 4 is 17.4 Å². The number of nitrogens with zero attached hydrogens (tertiary/aromatic N) is 2. The Morgan fingerprint density at radius 3 is 2.67 bits per heavy atom. The number of ether oxygens (including phenoxy) is 1. The molecule has 2 rings (SSSR count). The summed E-state index contributed by atoms with van der Waals surface area (Å²) in [5.41, 5.74) is 1.53. The van der Waals surface area contributed by atoms with Crippen LogP contribution in [0.1, 0.15) is 21.6 Å². The van der Waals surface area contributed by atoms with Gasteiger partial charge in [0.1, 0.15) is 0 Å². The lowest BCUT2D eigenvalue weighted by atomic mass is 10.0. The first kappa shape index (κ1) is 12.5. The molecule has 18 heavy (non-hydrogen) atoms. The minimum absolute atomic E-state index is 0.199. The highest BCUT2D eigenvalue weighted by Crippen LogP contribution is 2.21. The Hall–Kier alpha value is -1.94. The van der Waals surface area contributed by atoms with Crippen molar-refractivity contribution in [1.82, 2.24) is 9.97 Å². The third-order valence-corrected chi connectivity index (χ3v) is 2.74. The molecular formula is C13H11ClN2O2. The predicted octanol–water partition coefficient (Wildman–Crippen LogP) is 2.68. The van der Waals surface area contributed by atoms with Crippen LogP contribution in [0.25, 0.3) is 0 Å². The van der Waals surface area contributed by atoms with E-state index in [1.54, 1.807) is 18.2 Å². The fraction of sp³-hybridized carbons (Fsp3) is 0.154. The number of aryl methyl sites for hydroxylation is 1. The molecule has 0 radical (unpaired) electrons. The monoisotopic (exact) mass is 262 g/mol. The molecule has 4 nitrogen and oxygen atoms in total. The van der Waals surface area contributed by atoms with Crippen molar-refractivity contribution in [3.8, 4) is 5.88 Å². The molecule has 92 valence electrons. The molecule has 0 unspecified atom stereocenters. The number of benzene rings is 1. The number of ketones is 1. The molecule has 0 aliphatic carbocycles. The average Bonchev–Trinajstić information content (AvgIpc) is 2.38. The lowest BCUT2D eigenvalue weighted by Crippen LogP contribution is -2.09. The van der Waals surface area contributed by atoms with Crippen LogP contribution in [0.4, 0.5) is 0 Å². The van der Waals surface area contributed by atoms with Crippen molar-refractivity contribution in [2.75, 3.05) is 7.11 Å². The van der Waals surface area contributed by atoms with Gasteiger partial charge in [-0.25, -0.2) is 9.97 Å². The van der Waals surface area contributed by atoms with Crippen molar-refractivity contribution < 1.29 is 9.53 Å². The molecule has 2 aromatic rings. The van der Waals surface area contributed by atoms with Gasteiger partial charge in [0.05, 0.1) is 7.11 Å². The Morgan fingerprint density at radius 2 is 2.00 bits per heavy atom. The van der Waals surface area contributed by atoms with Gasteiger partial charge in [-0.2, -0.15) is 0 Å². The van der Waals surface area contributed by atoms with Crippen molar-refractivity contribution in [3.63, 3.8) is 0 Å². The largest absolute Gasteiger partial charge is 0.479 e. The van der Waals surface area contributed by atoms with Gasteiger partial charge in [0, 0.05) is 23.0 Å². The van der Waals surface area contributed by atoms with Crippen LogP contribution >= 0.6 is 11.6 Å². The smallest absolute Gasteiger partial charge is 0.243 e. The highest BCUT2D eigenvalue weighted by molar-refractivity contribution is 6.30. The number of aromatic nitrogens is 2. The summed E-state index contributed by atoms with van der Waals surface area (Å²) in [4.78, 5) is 20.3. The van der Waals surface area contributed by atoms with E-state index in [-0.39, 0.29) is 17.4 Å². The van der Waals surface area contributed by atoms with E-state index in [4.69, 9.17) is 16.3 Å². The van der Waals surface area contributed by atoms with Gasteiger partial charge in [-0.05, 0) is 30.7 Å². The van der Waals surface area contributed by atoms with Gasteiger partial charge in [-0.15, -0.1) is 0 Å². The third-order valence-electron chi connectivity index (χ3n) is 2.51. The first-order valence-corrected chi connectivity index (χ1v) is 5.67. The first-order valence-electron chi connectivity index (χ1n) is 5.29. The summed E-state index contributed by atoms with van der Waals surface area (Å²) in [6.45, 7) is 1.82. The van der Waals surface area contributed by atoms with Crippen molar-refractivity contribution in [3.05, 3.63) is 52.4 Å². The molecule has 0 atom stereocenters. The number of methoxy groups -OCH3 is 1. The van der Waals surface area contributed by atoms with E-state index in [1.807, 2.05) is 6.92 Å². The molecule has 0 N–H and O–H groups in total. The second kappa shape index (κ2) is 5.14. The standard InChI is InChI=1S/C13H11ClN2O2/c1-8-7-9(14)3-4-10(8)12(17)11-13(18-2)16-6-5-15-11/h3-7H,1-2H3. The molecule has 0 aliphatic heterocycles. The van der Waals surface area contributed by atoms with Gasteiger partial charge in [-0.1, -0.05) is 11.6 Å². The Balaban J connectivity index is 2.48. The number of hydrogen-bond donors (Lipinski definition) is 0. The maximum absolute atomic E-state index is 12.3. The normalized spacial score (nSPS) is 10.2. The zero-order valence-electron chi connectivity index (χ0n) is 9.98. The highest BCUT2D eigenvalue weighted by atomic mass is 35.5. The molecule has 0 saturated heterocycles. The Labute approximate surface area is 110 Å². The van der Waals surface area contributed by atoms with Crippen LogP contribution in [-0.4, -0.2) is 22.9 Å². The van der Waals surface area contributed by atoms with E-state index < -0.39 is 0 Å². The first-order chi connectivity index (χ1) is 8.63. The molecule has 0 saturated carbocycles. The lowest BCUT2D eigenvalue weighted by Gasteiger charge is -2.07. The third kappa shape index (κ3) is 2.33. The molecule has 0 amide bonds. The van der Waals surface area contributed by atoms with Gasteiger partial charge in [0.2, 0.25) is 11.7 Å². The molecule has 1 aromatic heterocycles. The van der Waals surface area contributed by atoms with Crippen LogP contribution in [-0.2, 0) is 0 Å². The summed E-state index contributed by atoms with van der Waals surface area (Å²) in [6, 6.07) is 5.08. The van der Waals surface area contributed by atoms with Crippen LogP contribution in [0.2, 0.25) is 5.02 Å². The van der Waals surface area contributed by atoms with Crippen LogP contribution in [0, 0.1) is 6.92 Å². The Morgan fingerprint density at radius 1 is 1.28 bits per heavy atom. The summed E-state index contributed by atoms with van der Waals surface area (Å²) in [7, 11) is 1.45. The van der Waals surface area contributed by atoms with Crippen LogP contribution < -0.4 is 4.74 Å². The predicted molar refractivity (Wildman–Crippen MR) is 68.2 cm³/mol. The number of carbonyl (C=O) groups is 1. The minimum atomic E-state index is -0.228. The summed E-state index contributed by atoms with van der Waals surface area (Å²) in [5.74, 6) is -0.00836. The second-order valence-electron chi connectivity index (χ2n) is 3.70. The van der Waals surface area contributed by atoms with Crippen LogP contribution in [0.15, 0.2) is 30.6 Å². The van der Waals surface area contributed by atoms with Crippen molar-refractivity contribution in [2.45, 2.75) is 6.92 Å². The van der Waals surface area contributed by atoms with E-state index in [1.165, 1.54) is 19.5 Å². The van der Waals surface area contributed by atoms with E-state index in [0.717, 1.165) is 5.56 Å². The minimum Gasteiger partial charge on any atom is -0.479 e. The summed E-state index contributed by atoms with van der Waals surface area (Å²) < 4.78 is 5.03. The average molecular weight is 263 g/mol. The molecule has 0 aliphatic rings. The molecular weight excluding hydrogens is 252 g/mol. The Bertz CT molecular complexity index is 599. The zero-order chi connectivity index (χ0) is 13.1. The molecule has 5 heteroatoms. The van der Waals surface area contributed by atoms with Crippen molar-refractivity contribution in [1.29, 1.82) is 0 Å². The van der Waals surface area contributed by atoms with E-state index >= 15 is 0 Å². The number of rotatable bonds is 3. The quantitative estimate of drug-likeness (QED) is 0.798. The topological polar surface area (TPSA) is 52.1 Å². The van der Waals surface area contributed by atoms with Gasteiger partial charge in [0.15, 0.2) is 5.69 Å². The molecule has 1 heterocycles. The summed E-state index contributed by atoms with van der Waals surface area (Å²) >= 11 is 5.86. The van der Waals surface area contributed by atoms with Gasteiger partial charge < -0.3 is 4.74 Å². The molecule has 0 spiro atoms. The SMILES string of the molecule is COc1nccnc1C(=O)c1ccc(Cl)cc1C. The Kier molecular flexibility index (Phi) is 3.58. The maximum Gasteiger partial charge on any atom is 0.243 e. The maximum atomic E-state index is 12.3. The molecule has 0 fully saturated rings. The number of halogens is 1. The lowest BCUT2D eigenvalue weighted by molar-refractivity contribution is 0.103. The van der Waals surface area contributed by atoms with E-state index in [9.17, 15) is 4.79 Å². The number of carbonyl (C=O) groups excluding carboxylic acids is 1. The van der Waals surface area contributed by atoms with Crippen LogP contribution in [0.3, 0.4) is 0 Å². The van der Waals surface area contributed by atoms with E-state index in [0.29, 0.717) is 10.6 Å². The van der Waals surface area contributed by atoms with E-state index in [2.05, 4.69) is 9.97 Å². The zero-order valence-corrected chi connectivity index (χ0v) is 10.7. The molecule has 1 aromatic carbocycles. The van der Waals surface area contributed by atoms with Gasteiger partial charge in [0.25, 0.3) is 0 Å². The van der Waals surface area contributed by atoms with Gasteiger partial charge >= 0.3 is 0 Å². The second-order valence-corrected chi connectivity index (χ2v) is 4.14. The number of hydrogen-bond acceptors (Lipinski definition) is 4. The van der Waals surface area contributed by atoms with Gasteiger partial charge in [-0.3, -0.25) is 4.79 Å². The fourth-order valence-electron chi connectivity index (χ4n) is 1.64. The van der Waals surface area contributed by atoms with Crippen LogP contribution in [0.5, 0.6) is 5.88 Å². The fourth-order valence-corrected chi connectivity index (χ4v) is 1.87.